The summed E-state index contributed by atoms with van der Waals surface area (Å²) in [5.41, 5.74) is 1.96. The average Bonchev–Trinajstić information content (AvgIpc) is 2.55. The Kier molecular flexibility index (Phi) is 8.74. The second kappa shape index (κ2) is 10.3. The lowest BCUT2D eigenvalue weighted by molar-refractivity contribution is -0.132. The summed E-state index contributed by atoms with van der Waals surface area (Å²) in [6.45, 7) is 6.15. The van der Waals surface area contributed by atoms with Crippen molar-refractivity contribution >= 4 is 29.9 Å². The van der Waals surface area contributed by atoms with Crippen molar-refractivity contribution in [2.75, 3.05) is 51.6 Å². The molecule has 24 heavy (non-hydrogen) atoms. The van der Waals surface area contributed by atoms with Gasteiger partial charge in [0.25, 0.3) is 0 Å². The number of hydrogen-bond donors (Lipinski definition) is 2. The zero-order valence-corrected chi connectivity index (χ0v) is 15.2. The van der Waals surface area contributed by atoms with Crippen molar-refractivity contribution < 1.29 is 9.59 Å². The predicted octanol–water partition coefficient (Wildman–Crippen LogP) is 1.11. The van der Waals surface area contributed by atoms with Crippen molar-refractivity contribution in [1.82, 2.24) is 15.1 Å². The van der Waals surface area contributed by atoms with Crippen molar-refractivity contribution in [3.05, 3.63) is 29.8 Å². The Balaban J connectivity index is 0.00000288. The molecule has 0 aromatic heterocycles. The number of anilines is 1. The number of benzene rings is 1. The molecule has 0 unspecified atom stereocenters. The van der Waals surface area contributed by atoms with Crippen LogP contribution < -0.4 is 10.6 Å². The molecule has 1 aromatic rings. The van der Waals surface area contributed by atoms with Gasteiger partial charge in [0.15, 0.2) is 0 Å². The lowest BCUT2D eigenvalue weighted by Gasteiger charge is -2.28. The number of nitrogens with zero attached hydrogens (tertiary/aromatic N) is 2. The molecule has 1 fully saturated rings. The van der Waals surface area contributed by atoms with Gasteiger partial charge in [0.2, 0.25) is 11.8 Å². The van der Waals surface area contributed by atoms with Gasteiger partial charge in [-0.15, -0.1) is 12.4 Å². The number of aryl methyl sites for hydroxylation is 1. The van der Waals surface area contributed by atoms with E-state index in [-0.39, 0.29) is 30.8 Å². The minimum atomic E-state index is -0.0639. The second-order valence-electron chi connectivity index (χ2n) is 6.03. The fourth-order valence-corrected chi connectivity index (χ4v) is 2.52. The molecular formula is C17H27ClN4O2. The van der Waals surface area contributed by atoms with Gasteiger partial charge in [0.05, 0.1) is 6.54 Å². The molecule has 134 valence electrons. The van der Waals surface area contributed by atoms with Gasteiger partial charge in [-0.1, -0.05) is 17.7 Å². The maximum absolute atomic E-state index is 12.1. The van der Waals surface area contributed by atoms with Crippen LogP contribution in [0.5, 0.6) is 0 Å². The number of likely N-dealkylation sites (N-methyl/N-ethyl adjacent to an activating group) is 1. The summed E-state index contributed by atoms with van der Waals surface area (Å²) in [5.74, 6) is 0.100. The fraction of sp³-hybridized carbons (Fsp3) is 0.529. The highest BCUT2D eigenvalue weighted by atomic mass is 35.5. The van der Waals surface area contributed by atoms with Crippen molar-refractivity contribution in [2.24, 2.45) is 0 Å². The molecule has 2 amide bonds. The smallest absolute Gasteiger partial charge is 0.238 e. The number of nitrogens with one attached hydrogen (secondary N) is 2. The van der Waals surface area contributed by atoms with E-state index in [9.17, 15) is 9.59 Å². The van der Waals surface area contributed by atoms with Crippen LogP contribution >= 0.6 is 12.4 Å². The third-order valence-corrected chi connectivity index (χ3v) is 3.93. The summed E-state index contributed by atoms with van der Waals surface area (Å²) < 4.78 is 0. The van der Waals surface area contributed by atoms with Gasteiger partial charge >= 0.3 is 0 Å². The third-order valence-electron chi connectivity index (χ3n) is 3.93. The lowest BCUT2D eigenvalue weighted by Crippen LogP contribution is -2.47. The second-order valence-corrected chi connectivity index (χ2v) is 6.03. The van der Waals surface area contributed by atoms with Gasteiger partial charge in [-0.25, -0.2) is 0 Å². The van der Waals surface area contributed by atoms with E-state index in [1.54, 1.807) is 0 Å². The Bertz CT molecular complexity index is 530. The molecular weight excluding hydrogens is 328 g/mol. The van der Waals surface area contributed by atoms with Gasteiger partial charge in [0.1, 0.15) is 0 Å². The van der Waals surface area contributed by atoms with Crippen LogP contribution in [-0.2, 0) is 9.59 Å². The van der Waals surface area contributed by atoms with E-state index in [1.807, 2.05) is 48.0 Å². The van der Waals surface area contributed by atoms with Crippen LogP contribution in [0.25, 0.3) is 0 Å². The van der Waals surface area contributed by atoms with Crippen LogP contribution in [0, 0.1) is 6.92 Å². The highest BCUT2D eigenvalue weighted by Crippen LogP contribution is 2.08. The van der Waals surface area contributed by atoms with Crippen molar-refractivity contribution in [3.63, 3.8) is 0 Å². The summed E-state index contributed by atoms with van der Waals surface area (Å²) in [6.07, 6.45) is 0.453. The fourth-order valence-electron chi connectivity index (χ4n) is 2.52. The van der Waals surface area contributed by atoms with Crippen LogP contribution in [-0.4, -0.2) is 67.9 Å². The molecule has 1 saturated heterocycles. The summed E-state index contributed by atoms with van der Waals surface area (Å²) >= 11 is 0. The van der Waals surface area contributed by atoms with Gasteiger partial charge in [-0.3, -0.25) is 14.5 Å². The minimum Gasteiger partial charge on any atom is -0.340 e. The molecule has 2 N–H and O–H groups in total. The zero-order chi connectivity index (χ0) is 16.7. The average molecular weight is 355 g/mol. The first kappa shape index (κ1) is 20.4. The van der Waals surface area contributed by atoms with E-state index in [4.69, 9.17) is 0 Å². The normalized spacial score (nSPS) is 14.2. The monoisotopic (exact) mass is 354 g/mol. The summed E-state index contributed by atoms with van der Waals surface area (Å²) in [6, 6.07) is 7.71. The molecule has 0 spiro atoms. The minimum absolute atomic E-state index is 0. The van der Waals surface area contributed by atoms with Gasteiger partial charge in [0, 0.05) is 44.8 Å². The lowest BCUT2D eigenvalue weighted by atomic mass is 10.2. The molecule has 0 atom stereocenters. The number of hydrogen-bond acceptors (Lipinski definition) is 4. The van der Waals surface area contributed by atoms with Gasteiger partial charge < -0.3 is 15.5 Å². The van der Waals surface area contributed by atoms with E-state index in [1.165, 1.54) is 0 Å². The Morgan fingerprint density at radius 1 is 1.21 bits per heavy atom. The van der Waals surface area contributed by atoms with Crippen LogP contribution in [0.2, 0.25) is 0 Å². The molecule has 0 saturated carbocycles. The molecule has 7 heteroatoms. The van der Waals surface area contributed by atoms with Crippen molar-refractivity contribution in [2.45, 2.75) is 13.3 Å². The Hall–Kier alpha value is -1.63. The van der Waals surface area contributed by atoms with Crippen molar-refractivity contribution in [3.8, 4) is 0 Å². The first-order chi connectivity index (χ1) is 11.0. The van der Waals surface area contributed by atoms with E-state index < -0.39 is 0 Å². The molecule has 1 aromatic carbocycles. The highest BCUT2D eigenvalue weighted by Gasteiger charge is 2.16. The Labute approximate surface area is 150 Å². The molecule has 1 aliphatic heterocycles. The summed E-state index contributed by atoms with van der Waals surface area (Å²) in [7, 11) is 1.86. The quantitative estimate of drug-likeness (QED) is 0.803. The number of carbonyl (C=O) groups is 2. The first-order valence-corrected chi connectivity index (χ1v) is 8.08. The number of halogens is 1. The molecule has 1 aliphatic rings. The van der Waals surface area contributed by atoms with Gasteiger partial charge in [-0.05, 0) is 26.1 Å². The third kappa shape index (κ3) is 6.86. The van der Waals surface area contributed by atoms with Crippen LogP contribution in [0.1, 0.15) is 12.0 Å². The van der Waals surface area contributed by atoms with E-state index in [0.29, 0.717) is 13.0 Å². The molecule has 1 heterocycles. The molecule has 2 rings (SSSR count). The SMILES string of the molecule is Cc1ccc(NC(=O)CN(C)CCC(=O)N2CCNCC2)cc1.Cl. The molecule has 0 aliphatic carbocycles. The van der Waals surface area contributed by atoms with E-state index >= 15 is 0 Å². The number of amides is 2. The van der Waals surface area contributed by atoms with E-state index in [0.717, 1.165) is 37.4 Å². The Morgan fingerprint density at radius 2 is 1.83 bits per heavy atom. The maximum atomic E-state index is 12.1. The molecule has 0 bridgehead atoms. The van der Waals surface area contributed by atoms with Crippen LogP contribution in [0.3, 0.4) is 0 Å². The highest BCUT2D eigenvalue weighted by molar-refractivity contribution is 5.92. The molecule has 6 nitrogen and oxygen atoms in total. The number of piperazine rings is 1. The zero-order valence-electron chi connectivity index (χ0n) is 14.4. The number of carbonyl (C=O) groups excluding carboxylic acids is 2. The van der Waals surface area contributed by atoms with Gasteiger partial charge in [-0.2, -0.15) is 0 Å². The first-order valence-electron chi connectivity index (χ1n) is 8.08. The summed E-state index contributed by atoms with van der Waals surface area (Å²) in [4.78, 5) is 27.8. The number of rotatable bonds is 6. The van der Waals surface area contributed by atoms with Crippen LogP contribution in [0.15, 0.2) is 24.3 Å². The topological polar surface area (TPSA) is 64.7 Å². The van der Waals surface area contributed by atoms with E-state index in [2.05, 4.69) is 10.6 Å². The van der Waals surface area contributed by atoms with Crippen molar-refractivity contribution in [1.29, 1.82) is 0 Å². The summed E-state index contributed by atoms with van der Waals surface area (Å²) in [5, 5.41) is 6.10. The largest absolute Gasteiger partial charge is 0.340 e. The maximum Gasteiger partial charge on any atom is 0.238 e. The van der Waals surface area contributed by atoms with Crippen LogP contribution in [0.4, 0.5) is 5.69 Å². The Morgan fingerprint density at radius 3 is 2.46 bits per heavy atom. The standard InChI is InChI=1S/C17H26N4O2.ClH/c1-14-3-5-15(6-4-14)19-16(22)13-20(2)10-7-17(23)21-11-8-18-9-12-21;/h3-6,18H,7-13H2,1-2H3,(H,19,22);1H. The predicted molar refractivity (Wildman–Crippen MR) is 98.6 cm³/mol. The molecule has 0 radical (unpaired) electrons.